The molecular weight excluding hydrogens is 252 g/mol. The van der Waals surface area contributed by atoms with Crippen LogP contribution >= 0.6 is 0 Å². The van der Waals surface area contributed by atoms with E-state index >= 15 is 0 Å². The van der Waals surface area contributed by atoms with Crippen LogP contribution in [-0.2, 0) is 17.8 Å². The quantitative estimate of drug-likeness (QED) is 0.849. The van der Waals surface area contributed by atoms with Crippen LogP contribution < -0.4 is 5.73 Å². The van der Waals surface area contributed by atoms with E-state index in [9.17, 15) is 4.79 Å². The van der Waals surface area contributed by atoms with E-state index < -0.39 is 0 Å². The number of hydrogen-bond acceptors (Lipinski definition) is 3. The van der Waals surface area contributed by atoms with Gasteiger partial charge in [-0.05, 0) is 31.5 Å². The van der Waals surface area contributed by atoms with Gasteiger partial charge in [0.1, 0.15) is 12.4 Å². The average molecular weight is 274 g/mol. The number of likely N-dealkylation sites (N-methyl/N-ethyl adjacent to an activating group) is 1. The highest BCUT2D eigenvalue weighted by molar-refractivity contribution is 5.83. The van der Waals surface area contributed by atoms with Crippen molar-refractivity contribution in [2.24, 2.45) is 0 Å². The van der Waals surface area contributed by atoms with Gasteiger partial charge >= 0.3 is 0 Å². The first-order chi connectivity index (χ1) is 9.56. The number of nitrogens with two attached hydrogens (primary N) is 1. The van der Waals surface area contributed by atoms with Crippen molar-refractivity contribution in [2.75, 3.05) is 19.3 Å². The van der Waals surface area contributed by atoms with Gasteiger partial charge in [0.15, 0.2) is 0 Å². The zero-order chi connectivity index (χ0) is 14.7. The fraction of sp³-hybridized carbons (Fsp3) is 0.467. The van der Waals surface area contributed by atoms with E-state index in [1.54, 1.807) is 4.90 Å². The van der Waals surface area contributed by atoms with E-state index in [4.69, 9.17) is 5.73 Å². The molecule has 0 radical (unpaired) electrons. The maximum absolute atomic E-state index is 12.2. The topological polar surface area (TPSA) is 64.1 Å². The van der Waals surface area contributed by atoms with Gasteiger partial charge < -0.3 is 15.2 Å². The van der Waals surface area contributed by atoms with Crippen molar-refractivity contribution in [3.8, 4) is 0 Å². The summed E-state index contributed by atoms with van der Waals surface area (Å²) in [6, 6.07) is 5.65. The van der Waals surface area contributed by atoms with Gasteiger partial charge in [-0.25, -0.2) is 4.98 Å². The fourth-order valence-electron chi connectivity index (χ4n) is 2.22. The Morgan fingerprint density at radius 3 is 2.80 bits per heavy atom. The number of aromatic nitrogens is 2. The molecule has 1 amide bonds. The zero-order valence-corrected chi connectivity index (χ0v) is 12.4. The molecule has 1 aromatic carbocycles. The van der Waals surface area contributed by atoms with Gasteiger partial charge in [-0.1, -0.05) is 6.92 Å². The van der Waals surface area contributed by atoms with Crippen LogP contribution in [0.25, 0.3) is 11.0 Å². The number of benzene rings is 1. The van der Waals surface area contributed by atoms with Crippen molar-refractivity contribution in [1.29, 1.82) is 0 Å². The summed E-state index contributed by atoms with van der Waals surface area (Å²) in [7, 11) is 1.82. The SMILES string of the molecule is CCCc1nc2cc(N)ccc2n1CC(=O)N(C)CC. The van der Waals surface area contributed by atoms with Gasteiger partial charge in [-0.2, -0.15) is 0 Å². The minimum atomic E-state index is 0.0981. The lowest BCUT2D eigenvalue weighted by atomic mass is 10.3. The molecule has 0 saturated heterocycles. The number of carbonyl (C=O) groups is 1. The van der Waals surface area contributed by atoms with E-state index in [1.807, 2.05) is 36.7 Å². The van der Waals surface area contributed by atoms with Crippen molar-refractivity contribution in [2.45, 2.75) is 33.2 Å². The molecular formula is C15H22N4O. The zero-order valence-electron chi connectivity index (χ0n) is 12.4. The molecule has 0 spiro atoms. The molecule has 0 atom stereocenters. The van der Waals surface area contributed by atoms with Crippen molar-refractivity contribution < 1.29 is 4.79 Å². The summed E-state index contributed by atoms with van der Waals surface area (Å²) in [5.74, 6) is 1.05. The van der Waals surface area contributed by atoms with Gasteiger partial charge in [0, 0.05) is 25.7 Å². The third kappa shape index (κ3) is 2.76. The van der Waals surface area contributed by atoms with E-state index in [0.717, 1.165) is 29.7 Å². The third-order valence-corrected chi connectivity index (χ3v) is 3.52. The van der Waals surface area contributed by atoms with Crippen LogP contribution in [-0.4, -0.2) is 34.0 Å². The highest BCUT2D eigenvalue weighted by atomic mass is 16.2. The number of amides is 1. The predicted molar refractivity (Wildman–Crippen MR) is 81.5 cm³/mol. The first-order valence-electron chi connectivity index (χ1n) is 7.05. The van der Waals surface area contributed by atoms with Gasteiger partial charge in [-0.15, -0.1) is 0 Å². The van der Waals surface area contributed by atoms with Gasteiger partial charge in [0.05, 0.1) is 11.0 Å². The van der Waals surface area contributed by atoms with Crippen molar-refractivity contribution in [3.63, 3.8) is 0 Å². The molecule has 5 heteroatoms. The van der Waals surface area contributed by atoms with Gasteiger partial charge in [-0.3, -0.25) is 4.79 Å². The second-order valence-corrected chi connectivity index (χ2v) is 5.02. The Morgan fingerprint density at radius 2 is 2.15 bits per heavy atom. The van der Waals surface area contributed by atoms with Crippen LogP contribution in [0.2, 0.25) is 0 Å². The summed E-state index contributed by atoms with van der Waals surface area (Å²) in [5, 5.41) is 0. The van der Waals surface area contributed by atoms with Crippen LogP contribution in [0.4, 0.5) is 5.69 Å². The molecule has 1 aromatic heterocycles. The molecule has 2 rings (SSSR count). The van der Waals surface area contributed by atoms with Gasteiger partial charge in [0.2, 0.25) is 5.91 Å². The number of rotatable bonds is 5. The smallest absolute Gasteiger partial charge is 0.242 e. The van der Waals surface area contributed by atoms with Crippen LogP contribution in [0, 0.1) is 0 Å². The minimum Gasteiger partial charge on any atom is -0.399 e. The summed E-state index contributed by atoms with van der Waals surface area (Å²) in [5.41, 5.74) is 8.33. The molecule has 0 aliphatic rings. The highest BCUT2D eigenvalue weighted by Crippen LogP contribution is 2.20. The normalized spacial score (nSPS) is 10.9. The Labute approximate surface area is 119 Å². The number of nitrogen functional groups attached to an aromatic ring is 1. The number of carbonyl (C=O) groups excluding carboxylic acids is 1. The van der Waals surface area contributed by atoms with Crippen LogP contribution in [0.15, 0.2) is 18.2 Å². The highest BCUT2D eigenvalue weighted by Gasteiger charge is 2.15. The molecule has 2 aromatic rings. The van der Waals surface area contributed by atoms with Crippen molar-refractivity contribution >= 4 is 22.6 Å². The lowest BCUT2D eigenvalue weighted by molar-refractivity contribution is -0.130. The first-order valence-corrected chi connectivity index (χ1v) is 7.05. The average Bonchev–Trinajstić information content (AvgIpc) is 2.75. The Bertz CT molecular complexity index is 618. The molecule has 0 saturated carbocycles. The van der Waals surface area contributed by atoms with E-state index in [0.29, 0.717) is 18.8 Å². The molecule has 0 bridgehead atoms. The maximum atomic E-state index is 12.2. The van der Waals surface area contributed by atoms with E-state index in [2.05, 4.69) is 11.9 Å². The molecule has 0 aliphatic carbocycles. The number of aryl methyl sites for hydroxylation is 1. The monoisotopic (exact) mass is 274 g/mol. The maximum Gasteiger partial charge on any atom is 0.242 e. The molecule has 0 fully saturated rings. The molecule has 20 heavy (non-hydrogen) atoms. The summed E-state index contributed by atoms with van der Waals surface area (Å²) in [6.07, 6.45) is 1.86. The van der Waals surface area contributed by atoms with Gasteiger partial charge in [0.25, 0.3) is 0 Å². The summed E-state index contributed by atoms with van der Waals surface area (Å²) in [6.45, 7) is 5.12. The Balaban J connectivity index is 2.43. The molecule has 0 unspecified atom stereocenters. The third-order valence-electron chi connectivity index (χ3n) is 3.52. The second kappa shape index (κ2) is 5.94. The van der Waals surface area contributed by atoms with Crippen LogP contribution in [0.5, 0.6) is 0 Å². The minimum absolute atomic E-state index is 0.0981. The molecule has 2 N–H and O–H groups in total. The Morgan fingerprint density at radius 1 is 1.40 bits per heavy atom. The van der Waals surface area contributed by atoms with Crippen LogP contribution in [0.1, 0.15) is 26.1 Å². The number of anilines is 1. The fourth-order valence-corrected chi connectivity index (χ4v) is 2.22. The molecule has 5 nitrogen and oxygen atoms in total. The summed E-state index contributed by atoms with van der Waals surface area (Å²) in [4.78, 5) is 18.5. The molecule has 1 heterocycles. The molecule has 0 aliphatic heterocycles. The predicted octanol–water partition coefficient (Wildman–Crippen LogP) is 2.05. The lowest BCUT2D eigenvalue weighted by Crippen LogP contribution is -2.30. The van der Waals surface area contributed by atoms with E-state index in [1.165, 1.54) is 0 Å². The van der Waals surface area contributed by atoms with E-state index in [-0.39, 0.29) is 5.91 Å². The number of nitrogens with zero attached hydrogens (tertiary/aromatic N) is 3. The number of imidazole rings is 1. The number of hydrogen-bond donors (Lipinski definition) is 1. The Hall–Kier alpha value is -2.04. The summed E-state index contributed by atoms with van der Waals surface area (Å²) >= 11 is 0. The molecule has 108 valence electrons. The van der Waals surface area contributed by atoms with Crippen LogP contribution in [0.3, 0.4) is 0 Å². The van der Waals surface area contributed by atoms with Crippen molar-refractivity contribution in [3.05, 3.63) is 24.0 Å². The Kier molecular flexibility index (Phi) is 4.27. The van der Waals surface area contributed by atoms with Crippen molar-refractivity contribution in [1.82, 2.24) is 14.5 Å². The standard InChI is InChI=1S/C15H22N4O/c1-4-6-14-17-12-9-11(16)7-8-13(12)19(14)10-15(20)18(3)5-2/h7-9H,4-6,10,16H2,1-3H3. The lowest BCUT2D eigenvalue weighted by Gasteiger charge is -2.16. The first kappa shape index (κ1) is 14.4. The largest absolute Gasteiger partial charge is 0.399 e. The summed E-state index contributed by atoms with van der Waals surface area (Å²) < 4.78 is 2.01. The second-order valence-electron chi connectivity index (χ2n) is 5.02. The number of fused-ring (bicyclic) bond motifs is 1.